The van der Waals surface area contributed by atoms with Crippen molar-refractivity contribution in [3.05, 3.63) is 23.8 Å². The summed E-state index contributed by atoms with van der Waals surface area (Å²) in [5.41, 5.74) is 1.92. The number of hydrogen-bond acceptors (Lipinski definition) is 2. The molecule has 16 heavy (non-hydrogen) atoms. The lowest BCUT2D eigenvalue weighted by Gasteiger charge is -2.12. The van der Waals surface area contributed by atoms with Gasteiger partial charge in [0.2, 0.25) is 5.91 Å². The Labute approximate surface area is 104 Å². The molecule has 0 atom stereocenters. The summed E-state index contributed by atoms with van der Waals surface area (Å²) in [5.74, 6) is 0.644. The number of alkyl halides is 1. The number of amides is 1. The Kier molecular flexibility index (Phi) is 5.32. The predicted molar refractivity (Wildman–Crippen MR) is 69.4 cm³/mol. The topological polar surface area (TPSA) is 38.3 Å². The van der Waals surface area contributed by atoms with Crippen LogP contribution in [0.5, 0.6) is 5.75 Å². The highest BCUT2D eigenvalue weighted by Crippen LogP contribution is 2.26. The van der Waals surface area contributed by atoms with E-state index in [1.54, 1.807) is 0 Å². The Morgan fingerprint density at radius 3 is 2.81 bits per heavy atom. The van der Waals surface area contributed by atoms with Crippen LogP contribution in [0.3, 0.4) is 0 Å². The number of anilines is 1. The summed E-state index contributed by atoms with van der Waals surface area (Å²) in [4.78, 5) is 11.0. The summed E-state index contributed by atoms with van der Waals surface area (Å²) in [5, 5.41) is 3.67. The minimum absolute atomic E-state index is 0.0887. The molecule has 0 aliphatic rings. The standard InChI is InChI=1S/C12H16BrNO2/c1-3-16-12-8-10(6-7-13)4-5-11(12)14-9(2)15/h4-5,8H,3,6-7H2,1-2H3,(H,14,15). The Bertz CT molecular complexity index is 366. The van der Waals surface area contributed by atoms with E-state index < -0.39 is 0 Å². The first-order valence-corrected chi connectivity index (χ1v) is 6.38. The van der Waals surface area contributed by atoms with Gasteiger partial charge in [-0.25, -0.2) is 0 Å². The quantitative estimate of drug-likeness (QED) is 0.845. The van der Waals surface area contributed by atoms with E-state index in [0.29, 0.717) is 6.61 Å². The Balaban J connectivity index is 2.93. The van der Waals surface area contributed by atoms with Gasteiger partial charge < -0.3 is 10.1 Å². The minimum atomic E-state index is -0.0887. The summed E-state index contributed by atoms with van der Waals surface area (Å²) in [7, 11) is 0. The van der Waals surface area contributed by atoms with Crippen LogP contribution in [0.15, 0.2) is 18.2 Å². The number of ether oxygens (including phenoxy) is 1. The zero-order chi connectivity index (χ0) is 12.0. The maximum absolute atomic E-state index is 11.0. The molecule has 3 nitrogen and oxygen atoms in total. The van der Waals surface area contributed by atoms with Crippen LogP contribution in [0.25, 0.3) is 0 Å². The second-order valence-electron chi connectivity index (χ2n) is 3.38. The van der Waals surface area contributed by atoms with Gasteiger partial charge >= 0.3 is 0 Å². The molecule has 0 aliphatic carbocycles. The molecule has 1 aromatic rings. The summed E-state index contributed by atoms with van der Waals surface area (Å²) in [6, 6.07) is 5.84. The molecule has 0 heterocycles. The van der Waals surface area contributed by atoms with Crippen LogP contribution in [0.1, 0.15) is 19.4 Å². The summed E-state index contributed by atoms with van der Waals surface area (Å²) >= 11 is 3.40. The van der Waals surface area contributed by atoms with Crippen LogP contribution in [-0.2, 0) is 11.2 Å². The third-order valence-corrected chi connectivity index (χ3v) is 2.44. The fraction of sp³-hybridized carbons (Fsp3) is 0.417. The number of carbonyl (C=O) groups excluding carboxylic acids is 1. The van der Waals surface area contributed by atoms with Crippen molar-refractivity contribution >= 4 is 27.5 Å². The molecule has 1 rings (SSSR count). The molecule has 1 amide bonds. The molecular weight excluding hydrogens is 270 g/mol. The maximum atomic E-state index is 11.0. The first-order valence-electron chi connectivity index (χ1n) is 5.26. The van der Waals surface area contributed by atoms with Gasteiger partial charge in [0.15, 0.2) is 0 Å². The molecule has 0 radical (unpaired) electrons. The van der Waals surface area contributed by atoms with Gasteiger partial charge in [0, 0.05) is 12.3 Å². The van der Waals surface area contributed by atoms with Crippen molar-refractivity contribution in [1.29, 1.82) is 0 Å². The summed E-state index contributed by atoms with van der Waals surface area (Å²) in [6.07, 6.45) is 0.945. The SMILES string of the molecule is CCOc1cc(CCBr)ccc1NC(C)=O. The van der Waals surface area contributed by atoms with Crippen LogP contribution in [0.4, 0.5) is 5.69 Å². The van der Waals surface area contributed by atoms with E-state index in [4.69, 9.17) is 4.74 Å². The molecule has 0 bridgehead atoms. The van der Waals surface area contributed by atoms with Gasteiger partial charge in [0.05, 0.1) is 12.3 Å². The van der Waals surface area contributed by atoms with Gasteiger partial charge in [0.1, 0.15) is 5.75 Å². The normalized spacial score (nSPS) is 9.94. The van der Waals surface area contributed by atoms with Crippen molar-refractivity contribution in [2.75, 3.05) is 17.3 Å². The van der Waals surface area contributed by atoms with Crippen LogP contribution < -0.4 is 10.1 Å². The second-order valence-corrected chi connectivity index (χ2v) is 4.18. The molecule has 0 aromatic heterocycles. The van der Waals surface area contributed by atoms with E-state index in [-0.39, 0.29) is 5.91 Å². The molecule has 0 spiro atoms. The lowest BCUT2D eigenvalue weighted by molar-refractivity contribution is -0.114. The molecule has 0 aliphatic heterocycles. The van der Waals surface area contributed by atoms with Crippen molar-refractivity contribution in [3.63, 3.8) is 0 Å². The Morgan fingerprint density at radius 2 is 2.25 bits per heavy atom. The van der Waals surface area contributed by atoms with Crippen molar-refractivity contribution in [3.8, 4) is 5.75 Å². The Morgan fingerprint density at radius 1 is 1.50 bits per heavy atom. The third kappa shape index (κ3) is 3.85. The van der Waals surface area contributed by atoms with E-state index in [1.807, 2.05) is 25.1 Å². The number of nitrogens with one attached hydrogen (secondary N) is 1. The van der Waals surface area contributed by atoms with Gasteiger partial charge in [-0.2, -0.15) is 0 Å². The molecule has 0 saturated heterocycles. The molecule has 0 unspecified atom stereocenters. The zero-order valence-corrected chi connectivity index (χ0v) is 11.1. The van der Waals surface area contributed by atoms with Crippen molar-refractivity contribution in [2.24, 2.45) is 0 Å². The molecule has 88 valence electrons. The number of benzene rings is 1. The fourth-order valence-corrected chi connectivity index (χ4v) is 1.86. The average molecular weight is 286 g/mol. The molecular formula is C12H16BrNO2. The van der Waals surface area contributed by atoms with Crippen LogP contribution in [-0.4, -0.2) is 17.8 Å². The highest BCUT2D eigenvalue weighted by molar-refractivity contribution is 9.09. The number of hydrogen-bond donors (Lipinski definition) is 1. The molecule has 1 N–H and O–H groups in total. The largest absolute Gasteiger partial charge is 0.492 e. The lowest BCUT2D eigenvalue weighted by atomic mass is 10.1. The fourth-order valence-electron chi connectivity index (χ4n) is 1.40. The predicted octanol–water partition coefficient (Wildman–Crippen LogP) is 2.98. The van der Waals surface area contributed by atoms with Gasteiger partial charge in [-0.15, -0.1) is 0 Å². The van der Waals surface area contributed by atoms with Crippen molar-refractivity contribution in [1.82, 2.24) is 0 Å². The molecule has 1 aromatic carbocycles. The minimum Gasteiger partial charge on any atom is -0.492 e. The third-order valence-electron chi connectivity index (χ3n) is 2.04. The smallest absolute Gasteiger partial charge is 0.221 e. The zero-order valence-electron chi connectivity index (χ0n) is 9.55. The van der Waals surface area contributed by atoms with Gasteiger partial charge in [-0.3, -0.25) is 4.79 Å². The van der Waals surface area contributed by atoms with Gasteiger partial charge in [-0.1, -0.05) is 22.0 Å². The van der Waals surface area contributed by atoms with E-state index in [1.165, 1.54) is 12.5 Å². The van der Waals surface area contributed by atoms with Crippen molar-refractivity contribution < 1.29 is 9.53 Å². The van der Waals surface area contributed by atoms with E-state index in [9.17, 15) is 4.79 Å². The maximum Gasteiger partial charge on any atom is 0.221 e. The lowest BCUT2D eigenvalue weighted by Crippen LogP contribution is -2.08. The number of carbonyl (C=O) groups is 1. The van der Waals surface area contributed by atoms with E-state index in [2.05, 4.69) is 21.2 Å². The monoisotopic (exact) mass is 285 g/mol. The van der Waals surface area contributed by atoms with Crippen LogP contribution >= 0.6 is 15.9 Å². The summed E-state index contributed by atoms with van der Waals surface area (Å²) < 4.78 is 5.49. The van der Waals surface area contributed by atoms with E-state index >= 15 is 0 Å². The van der Waals surface area contributed by atoms with Crippen LogP contribution in [0, 0.1) is 0 Å². The highest BCUT2D eigenvalue weighted by Gasteiger charge is 2.06. The van der Waals surface area contributed by atoms with E-state index in [0.717, 1.165) is 23.2 Å². The van der Waals surface area contributed by atoms with Gasteiger partial charge in [0.25, 0.3) is 0 Å². The number of rotatable bonds is 5. The summed E-state index contributed by atoms with van der Waals surface area (Å²) in [6.45, 7) is 4.00. The first-order chi connectivity index (χ1) is 7.67. The average Bonchev–Trinajstić information content (AvgIpc) is 2.22. The molecule has 0 saturated carbocycles. The number of halogens is 1. The first kappa shape index (κ1) is 13.0. The second kappa shape index (κ2) is 6.53. The molecule has 4 heteroatoms. The van der Waals surface area contributed by atoms with Crippen molar-refractivity contribution in [2.45, 2.75) is 20.3 Å². The van der Waals surface area contributed by atoms with Gasteiger partial charge in [-0.05, 0) is 31.0 Å². The van der Waals surface area contributed by atoms with Crippen LogP contribution in [0.2, 0.25) is 0 Å². The molecule has 0 fully saturated rings. The highest BCUT2D eigenvalue weighted by atomic mass is 79.9. The number of aryl methyl sites for hydroxylation is 1. The Hall–Kier alpha value is -1.03.